The van der Waals surface area contributed by atoms with Crippen LogP contribution in [0.1, 0.15) is 61.3 Å². The number of methoxy groups -OCH3 is 1. The minimum Gasteiger partial charge on any atom is -0.380 e. The van der Waals surface area contributed by atoms with Crippen molar-refractivity contribution in [3.63, 3.8) is 0 Å². The van der Waals surface area contributed by atoms with Crippen molar-refractivity contribution >= 4 is 0 Å². The zero-order chi connectivity index (χ0) is 15.6. The van der Waals surface area contributed by atoms with Gasteiger partial charge in [-0.1, -0.05) is 20.8 Å². The van der Waals surface area contributed by atoms with Gasteiger partial charge in [-0.2, -0.15) is 0 Å². The average molecular weight is 285 g/mol. The standard InChI is InChI=1S/C17H35NO2/c1-9-10-18-14(15(19-8)12(2)3)13-11-16(4,5)20-17(13,6)7/h12-15,18H,9-11H2,1-8H3. The van der Waals surface area contributed by atoms with Gasteiger partial charge in [0.2, 0.25) is 0 Å². The zero-order valence-corrected chi connectivity index (χ0v) is 14.7. The van der Waals surface area contributed by atoms with Gasteiger partial charge in [-0.3, -0.25) is 0 Å². The SMILES string of the molecule is CCCNC(C(OC)C(C)C)C1CC(C)(C)OC1(C)C. The van der Waals surface area contributed by atoms with Crippen LogP contribution in [0.25, 0.3) is 0 Å². The summed E-state index contributed by atoms with van der Waals surface area (Å²) in [6.07, 6.45) is 2.44. The molecule has 0 amide bonds. The van der Waals surface area contributed by atoms with Crippen LogP contribution in [0.4, 0.5) is 0 Å². The van der Waals surface area contributed by atoms with Crippen LogP contribution in [0.15, 0.2) is 0 Å². The molecule has 120 valence electrons. The molecule has 0 aromatic rings. The van der Waals surface area contributed by atoms with Gasteiger partial charge in [0.05, 0.1) is 17.3 Å². The molecule has 1 saturated heterocycles. The van der Waals surface area contributed by atoms with E-state index >= 15 is 0 Å². The van der Waals surface area contributed by atoms with E-state index in [0.717, 1.165) is 19.4 Å². The van der Waals surface area contributed by atoms with Crippen LogP contribution in [-0.2, 0) is 9.47 Å². The molecule has 1 rings (SSSR count). The Kier molecular flexibility index (Phi) is 6.06. The van der Waals surface area contributed by atoms with Gasteiger partial charge >= 0.3 is 0 Å². The van der Waals surface area contributed by atoms with Gasteiger partial charge in [-0.05, 0) is 53.0 Å². The lowest BCUT2D eigenvalue weighted by Gasteiger charge is -2.39. The third kappa shape index (κ3) is 4.19. The Bertz CT molecular complexity index is 299. The molecule has 0 aromatic heterocycles. The molecule has 1 aliphatic heterocycles. The van der Waals surface area contributed by atoms with Crippen LogP contribution in [0.5, 0.6) is 0 Å². The first-order chi connectivity index (χ1) is 9.14. The highest BCUT2D eigenvalue weighted by Gasteiger charge is 2.50. The van der Waals surface area contributed by atoms with E-state index in [9.17, 15) is 0 Å². The molecule has 0 bridgehead atoms. The second-order valence-corrected chi connectivity index (χ2v) is 7.70. The van der Waals surface area contributed by atoms with Crippen LogP contribution in [-0.4, -0.2) is 37.0 Å². The number of rotatable bonds is 7. The van der Waals surface area contributed by atoms with Gasteiger partial charge in [-0.25, -0.2) is 0 Å². The Balaban J connectivity index is 2.98. The lowest BCUT2D eigenvalue weighted by molar-refractivity contribution is -0.0868. The summed E-state index contributed by atoms with van der Waals surface area (Å²) in [4.78, 5) is 0. The summed E-state index contributed by atoms with van der Waals surface area (Å²) in [5, 5.41) is 3.73. The molecule has 3 heteroatoms. The Hall–Kier alpha value is -0.120. The van der Waals surface area contributed by atoms with E-state index in [4.69, 9.17) is 9.47 Å². The van der Waals surface area contributed by atoms with Crippen LogP contribution >= 0.6 is 0 Å². The normalized spacial score (nSPS) is 27.8. The summed E-state index contributed by atoms with van der Waals surface area (Å²) in [7, 11) is 1.83. The van der Waals surface area contributed by atoms with E-state index < -0.39 is 0 Å². The minimum atomic E-state index is -0.111. The van der Waals surface area contributed by atoms with E-state index in [2.05, 4.69) is 53.8 Å². The van der Waals surface area contributed by atoms with Gasteiger partial charge < -0.3 is 14.8 Å². The third-order valence-electron chi connectivity index (χ3n) is 4.49. The van der Waals surface area contributed by atoms with Gasteiger partial charge in [0, 0.05) is 19.1 Å². The summed E-state index contributed by atoms with van der Waals surface area (Å²) >= 11 is 0. The fourth-order valence-corrected chi connectivity index (χ4v) is 3.80. The fraction of sp³-hybridized carbons (Fsp3) is 1.00. The number of hydrogen-bond donors (Lipinski definition) is 1. The molecule has 3 nitrogen and oxygen atoms in total. The Labute approximate surface area is 125 Å². The maximum atomic E-state index is 6.29. The molecule has 20 heavy (non-hydrogen) atoms. The Morgan fingerprint density at radius 1 is 1.25 bits per heavy atom. The van der Waals surface area contributed by atoms with Crippen molar-refractivity contribution in [1.29, 1.82) is 0 Å². The molecular formula is C17H35NO2. The Morgan fingerprint density at radius 3 is 2.20 bits per heavy atom. The third-order valence-corrected chi connectivity index (χ3v) is 4.49. The molecule has 1 heterocycles. The number of ether oxygens (including phenoxy) is 2. The minimum absolute atomic E-state index is 0.0460. The smallest absolute Gasteiger partial charge is 0.0750 e. The maximum absolute atomic E-state index is 6.29. The summed E-state index contributed by atoms with van der Waals surface area (Å²) in [5.41, 5.74) is -0.157. The highest BCUT2D eigenvalue weighted by molar-refractivity contribution is 5.02. The van der Waals surface area contributed by atoms with Crippen LogP contribution in [0.3, 0.4) is 0 Å². The van der Waals surface area contributed by atoms with Gasteiger partial charge in [0.1, 0.15) is 0 Å². The molecule has 0 aliphatic carbocycles. The van der Waals surface area contributed by atoms with Crippen molar-refractivity contribution in [2.45, 2.75) is 84.7 Å². The van der Waals surface area contributed by atoms with Crippen molar-refractivity contribution in [3.8, 4) is 0 Å². The molecule has 0 radical (unpaired) electrons. The lowest BCUT2D eigenvalue weighted by atomic mass is 9.77. The summed E-state index contributed by atoms with van der Waals surface area (Å²) < 4.78 is 12.1. The molecule has 1 N–H and O–H groups in total. The van der Waals surface area contributed by atoms with Gasteiger partial charge in [0.15, 0.2) is 0 Å². The molecule has 0 aromatic carbocycles. The zero-order valence-electron chi connectivity index (χ0n) is 14.7. The fourth-order valence-electron chi connectivity index (χ4n) is 3.80. The Morgan fingerprint density at radius 2 is 1.85 bits per heavy atom. The summed E-state index contributed by atoms with van der Waals surface area (Å²) in [5.74, 6) is 0.963. The van der Waals surface area contributed by atoms with E-state index in [1.165, 1.54) is 0 Å². The molecule has 1 aliphatic rings. The number of nitrogens with one attached hydrogen (secondary N) is 1. The monoisotopic (exact) mass is 285 g/mol. The first-order valence-electron chi connectivity index (χ1n) is 8.11. The van der Waals surface area contributed by atoms with Gasteiger partial charge in [0.25, 0.3) is 0 Å². The second kappa shape index (κ2) is 6.76. The van der Waals surface area contributed by atoms with Crippen molar-refractivity contribution in [2.75, 3.05) is 13.7 Å². The van der Waals surface area contributed by atoms with Crippen molar-refractivity contribution in [1.82, 2.24) is 5.32 Å². The van der Waals surface area contributed by atoms with Crippen molar-refractivity contribution in [3.05, 3.63) is 0 Å². The lowest BCUT2D eigenvalue weighted by Crippen LogP contribution is -2.53. The topological polar surface area (TPSA) is 30.5 Å². The maximum Gasteiger partial charge on any atom is 0.0750 e. The highest BCUT2D eigenvalue weighted by Crippen LogP contribution is 2.45. The molecule has 3 unspecified atom stereocenters. The van der Waals surface area contributed by atoms with E-state index in [1.54, 1.807) is 0 Å². The van der Waals surface area contributed by atoms with Crippen LogP contribution < -0.4 is 5.32 Å². The second-order valence-electron chi connectivity index (χ2n) is 7.70. The van der Waals surface area contributed by atoms with E-state index in [-0.39, 0.29) is 17.3 Å². The van der Waals surface area contributed by atoms with E-state index in [0.29, 0.717) is 17.9 Å². The predicted octanol–water partition coefficient (Wildman–Crippen LogP) is 3.62. The van der Waals surface area contributed by atoms with Crippen molar-refractivity contribution in [2.24, 2.45) is 11.8 Å². The van der Waals surface area contributed by atoms with E-state index in [1.807, 2.05) is 7.11 Å². The first-order valence-corrected chi connectivity index (χ1v) is 8.11. The first kappa shape index (κ1) is 17.9. The van der Waals surface area contributed by atoms with Crippen LogP contribution in [0, 0.1) is 11.8 Å². The molecule has 0 spiro atoms. The highest BCUT2D eigenvalue weighted by atomic mass is 16.5. The molecular weight excluding hydrogens is 250 g/mol. The number of hydrogen-bond acceptors (Lipinski definition) is 3. The molecule has 3 atom stereocenters. The van der Waals surface area contributed by atoms with Gasteiger partial charge in [-0.15, -0.1) is 0 Å². The van der Waals surface area contributed by atoms with Crippen LogP contribution in [0.2, 0.25) is 0 Å². The van der Waals surface area contributed by atoms with Crippen molar-refractivity contribution < 1.29 is 9.47 Å². The molecule has 1 fully saturated rings. The summed E-state index contributed by atoms with van der Waals surface area (Å²) in [6.45, 7) is 16.6. The average Bonchev–Trinajstić information content (AvgIpc) is 2.52. The largest absolute Gasteiger partial charge is 0.380 e. The quantitative estimate of drug-likeness (QED) is 0.775. The predicted molar refractivity (Wildman–Crippen MR) is 85.1 cm³/mol. The molecule has 0 saturated carbocycles. The summed E-state index contributed by atoms with van der Waals surface area (Å²) in [6, 6.07) is 0.344.